The number of ether oxygens (including phenoxy) is 1. The molecule has 0 aromatic heterocycles. The Morgan fingerprint density at radius 3 is 2.24 bits per heavy atom. The molecule has 0 heterocycles. The maximum absolute atomic E-state index is 11.1. The Balaban J connectivity index is 3.28. The molecule has 0 saturated carbocycles. The normalized spacial score (nSPS) is 10.6. The first-order chi connectivity index (χ1) is 7.91. The van der Waals surface area contributed by atoms with Crippen molar-refractivity contribution < 1.29 is 14.3 Å². The van der Waals surface area contributed by atoms with Gasteiger partial charge >= 0.3 is 5.97 Å². The van der Waals surface area contributed by atoms with Crippen LogP contribution in [0.3, 0.4) is 0 Å². The van der Waals surface area contributed by atoms with Crippen molar-refractivity contribution in [2.45, 2.75) is 27.7 Å². The van der Waals surface area contributed by atoms with Crippen molar-refractivity contribution >= 4 is 17.8 Å². The van der Waals surface area contributed by atoms with Gasteiger partial charge in [-0.15, -0.1) is 0 Å². The van der Waals surface area contributed by atoms with Crippen molar-refractivity contribution in [1.82, 2.24) is 0 Å². The van der Waals surface area contributed by atoms with Crippen LogP contribution in [0.2, 0.25) is 0 Å². The Labute approximate surface area is 101 Å². The van der Waals surface area contributed by atoms with Crippen LogP contribution >= 0.6 is 0 Å². The van der Waals surface area contributed by atoms with Crippen molar-refractivity contribution in [3.05, 3.63) is 34.9 Å². The molecule has 3 heteroatoms. The maximum Gasteiger partial charge on any atom is 0.308 e. The fourth-order valence-electron chi connectivity index (χ4n) is 1.49. The number of benzene rings is 1. The van der Waals surface area contributed by atoms with Crippen LogP contribution in [0.4, 0.5) is 0 Å². The van der Waals surface area contributed by atoms with Gasteiger partial charge in [-0.3, -0.25) is 9.59 Å². The van der Waals surface area contributed by atoms with Crippen LogP contribution in [-0.4, -0.2) is 11.8 Å². The Kier molecular flexibility index (Phi) is 4.21. The number of allylic oxidation sites excluding steroid dienone is 1. The quantitative estimate of drug-likeness (QED) is 0.457. The Morgan fingerprint density at radius 2 is 1.71 bits per heavy atom. The summed E-state index contributed by atoms with van der Waals surface area (Å²) in [5, 5.41) is 0. The van der Waals surface area contributed by atoms with Crippen LogP contribution in [-0.2, 0) is 9.59 Å². The van der Waals surface area contributed by atoms with Gasteiger partial charge in [0.2, 0.25) is 0 Å². The van der Waals surface area contributed by atoms with E-state index in [1.54, 1.807) is 6.08 Å². The number of ketones is 1. The summed E-state index contributed by atoms with van der Waals surface area (Å²) in [6.45, 7) is 6.61. The average Bonchev–Trinajstić information content (AvgIpc) is 2.22. The Morgan fingerprint density at radius 1 is 1.12 bits per heavy atom. The van der Waals surface area contributed by atoms with Gasteiger partial charge in [0.05, 0.1) is 0 Å². The van der Waals surface area contributed by atoms with E-state index in [1.165, 1.54) is 19.9 Å². The molecule has 0 radical (unpaired) electrons. The molecule has 17 heavy (non-hydrogen) atoms. The van der Waals surface area contributed by atoms with E-state index in [-0.39, 0.29) is 11.8 Å². The molecule has 0 aliphatic rings. The zero-order valence-electron chi connectivity index (χ0n) is 10.5. The first kappa shape index (κ1) is 13.2. The minimum absolute atomic E-state index is 0.0420. The molecule has 0 bridgehead atoms. The maximum atomic E-state index is 11.1. The molecule has 1 aromatic rings. The molecule has 0 aliphatic heterocycles. The summed E-state index contributed by atoms with van der Waals surface area (Å²) in [4.78, 5) is 22.0. The topological polar surface area (TPSA) is 43.4 Å². The van der Waals surface area contributed by atoms with Crippen LogP contribution in [0.5, 0.6) is 5.75 Å². The molecule has 0 unspecified atom stereocenters. The molecule has 1 rings (SSSR count). The van der Waals surface area contributed by atoms with Gasteiger partial charge in [0.25, 0.3) is 0 Å². The van der Waals surface area contributed by atoms with Crippen LogP contribution < -0.4 is 4.74 Å². The van der Waals surface area contributed by atoms with Gasteiger partial charge in [-0.25, -0.2) is 0 Å². The first-order valence-corrected chi connectivity index (χ1v) is 5.39. The van der Waals surface area contributed by atoms with E-state index in [4.69, 9.17) is 4.74 Å². The van der Waals surface area contributed by atoms with Crippen molar-refractivity contribution in [3.8, 4) is 5.75 Å². The Bertz CT molecular complexity index is 484. The highest BCUT2D eigenvalue weighted by Crippen LogP contribution is 2.28. The molecule has 0 aliphatic carbocycles. The molecular weight excluding hydrogens is 216 g/mol. The predicted molar refractivity (Wildman–Crippen MR) is 66.9 cm³/mol. The van der Waals surface area contributed by atoms with E-state index in [0.29, 0.717) is 5.75 Å². The highest BCUT2D eigenvalue weighted by Gasteiger charge is 2.10. The van der Waals surface area contributed by atoms with E-state index in [2.05, 4.69) is 0 Å². The van der Waals surface area contributed by atoms with Crippen molar-refractivity contribution in [1.29, 1.82) is 0 Å². The van der Waals surface area contributed by atoms with Gasteiger partial charge in [-0.1, -0.05) is 12.1 Å². The zero-order chi connectivity index (χ0) is 13.0. The lowest BCUT2D eigenvalue weighted by atomic mass is 10.0. The standard InChI is InChI=1S/C14H16O3/c1-9-5-6-10(2)14(17-12(4)16)13(9)8-7-11(3)15/h5-8H,1-4H3/b8-7-. The highest BCUT2D eigenvalue weighted by atomic mass is 16.5. The lowest BCUT2D eigenvalue weighted by molar-refractivity contribution is -0.131. The smallest absolute Gasteiger partial charge is 0.308 e. The van der Waals surface area contributed by atoms with Crippen molar-refractivity contribution in [2.75, 3.05) is 0 Å². The molecule has 1 aromatic carbocycles. The summed E-state index contributed by atoms with van der Waals surface area (Å²) in [6, 6.07) is 3.82. The molecule has 0 saturated heterocycles. The van der Waals surface area contributed by atoms with E-state index in [9.17, 15) is 9.59 Å². The third-order valence-corrected chi connectivity index (χ3v) is 2.34. The molecule has 0 fully saturated rings. The van der Waals surface area contributed by atoms with E-state index in [0.717, 1.165) is 16.7 Å². The minimum Gasteiger partial charge on any atom is -0.426 e. The third-order valence-electron chi connectivity index (χ3n) is 2.34. The average molecular weight is 232 g/mol. The van der Waals surface area contributed by atoms with E-state index < -0.39 is 0 Å². The second-order valence-electron chi connectivity index (χ2n) is 3.98. The molecule has 0 atom stereocenters. The Hall–Kier alpha value is -1.90. The van der Waals surface area contributed by atoms with Gasteiger partial charge in [0.15, 0.2) is 5.78 Å². The second kappa shape index (κ2) is 5.43. The molecule has 90 valence electrons. The van der Waals surface area contributed by atoms with Crippen LogP contribution in [0, 0.1) is 13.8 Å². The van der Waals surface area contributed by atoms with E-state index in [1.807, 2.05) is 26.0 Å². The fourth-order valence-corrected chi connectivity index (χ4v) is 1.49. The third kappa shape index (κ3) is 3.55. The van der Waals surface area contributed by atoms with Gasteiger partial charge in [-0.2, -0.15) is 0 Å². The number of carbonyl (C=O) groups is 2. The molecule has 0 N–H and O–H groups in total. The molecular formula is C14H16O3. The number of carbonyl (C=O) groups excluding carboxylic acids is 2. The van der Waals surface area contributed by atoms with E-state index >= 15 is 0 Å². The summed E-state index contributed by atoms with van der Waals surface area (Å²) in [6.07, 6.45) is 3.15. The van der Waals surface area contributed by atoms with Gasteiger partial charge in [-0.05, 0) is 44.1 Å². The molecule has 3 nitrogen and oxygen atoms in total. The predicted octanol–water partition coefficient (Wildman–Crippen LogP) is 2.83. The van der Waals surface area contributed by atoms with Crippen LogP contribution in [0.25, 0.3) is 6.08 Å². The summed E-state index contributed by atoms with van der Waals surface area (Å²) >= 11 is 0. The summed E-state index contributed by atoms with van der Waals surface area (Å²) in [5.41, 5.74) is 2.61. The largest absolute Gasteiger partial charge is 0.426 e. The number of hydrogen-bond donors (Lipinski definition) is 0. The zero-order valence-corrected chi connectivity index (χ0v) is 10.5. The second-order valence-corrected chi connectivity index (χ2v) is 3.98. The van der Waals surface area contributed by atoms with Crippen molar-refractivity contribution in [2.24, 2.45) is 0 Å². The fraction of sp³-hybridized carbons (Fsp3) is 0.286. The van der Waals surface area contributed by atoms with Gasteiger partial charge in [0.1, 0.15) is 5.75 Å². The SMILES string of the molecule is CC(=O)/C=C\c1c(C)ccc(C)c1OC(C)=O. The number of esters is 1. The van der Waals surface area contributed by atoms with Crippen LogP contribution in [0.1, 0.15) is 30.5 Å². The lowest BCUT2D eigenvalue weighted by Crippen LogP contribution is -2.05. The first-order valence-electron chi connectivity index (χ1n) is 5.39. The monoisotopic (exact) mass is 232 g/mol. The van der Waals surface area contributed by atoms with Crippen molar-refractivity contribution in [3.63, 3.8) is 0 Å². The van der Waals surface area contributed by atoms with Gasteiger partial charge in [0, 0.05) is 12.5 Å². The number of aryl methyl sites for hydroxylation is 2. The lowest BCUT2D eigenvalue weighted by Gasteiger charge is -2.11. The summed E-state index contributed by atoms with van der Waals surface area (Å²) in [5.74, 6) is 0.117. The van der Waals surface area contributed by atoms with Crippen LogP contribution in [0.15, 0.2) is 18.2 Å². The molecule has 0 amide bonds. The summed E-state index contributed by atoms with van der Waals surface area (Å²) < 4.78 is 5.19. The number of hydrogen-bond acceptors (Lipinski definition) is 3. The highest BCUT2D eigenvalue weighted by molar-refractivity contribution is 5.92. The minimum atomic E-state index is -0.365. The number of rotatable bonds is 3. The molecule has 0 spiro atoms. The van der Waals surface area contributed by atoms with Gasteiger partial charge < -0.3 is 4.74 Å². The summed E-state index contributed by atoms with van der Waals surface area (Å²) in [7, 11) is 0.